The summed E-state index contributed by atoms with van der Waals surface area (Å²) < 4.78 is 0. The summed E-state index contributed by atoms with van der Waals surface area (Å²) in [6.07, 6.45) is 0. The van der Waals surface area contributed by atoms with Crippen LogP contribution in [0.15, 0.2) is 30.3 Å². The van der Waals surface area contributed by atoms with E-state index in [1.807, 2.05) is 32.0 Å². The van der Waals surface area contributed by atoms with Gasteiger partial charge >= 0.3 is 6.03 Å². The second-order valence-corrected chi connectivity index (χ2v) is 3.31. The molecule has 1 rings (SSSR count). The van der Waals surface area contributed by atoms with Gasteiger partial charge in [0.25, 0.3) is 0 Å². The molecule has 0 spiro atoms. The van der Waals surface area contributed by atoms with Crippen molar-refractivity contribution in [3.8, 4) is 0 Å². The first kappa shape index (κ1) is 10.5. The Labute approximate surface area is 83.7 Å². The van der Waals surface area contributed by atoms with Crippen LogP contribution in [0.3, 0.4) is 0 Å². The predicted molar refractivity (Wildman–Crippen MR) is 56.8 cm³/mol. The van der Waals surface area contributed by atoms with Crippen LogP contribution in [0.2, 0.25) is 0 Å². The van der Waals surface area contributed by atoms with Gasteiger partial charge < -0.3 is 5.32 Å². The normalized spacial score (nSPS) is 10.0. The molecule has 1 aromatic rings. The van der Waals surface area contributed by atoms with Crippen LogP contribution in [0, 0.1) is 0 Å². The monoisotopic (exact) mass is 193 g/mol. The number of nitrogens with two attached hydrogens (primary N) is 1. The van der Waals surface area contributed by atoms with Crippen molar-refractivity contribution in [1.29, 1.82) is 0 Å². The largest absolute Gasteiger partial charge is 0.336 e. The minimum atomic E-state index is -0.300. The van der Waals surface area contributed by atoms with Gasteiger partial charge in [-0.05, 0) is 26.0 Å². The molecule has 76 valence electrons. The number of carbonyl (C=O) groups is 1. The Bertz CT molecular complexity index is 297. The number of para-hydroxylation sites is 1. The number of hydrogen-bond donors (Lipinski definition) is 2. The maximum Gasteiger partial charge on any atom is 0.336 e. The molecule has 4 nitrogen and oxygen atoms in total. The molecule has 3 N–H and O–H groups in total. The van der Waals surface area contributed by atoms with Crippen molar-refractivity contribution in [1.82, 2.24) is 5.32 Å². The van der Waals surface area contributed by atoms with E-state index in [0.717, 1.165) is 5.01 Å². The third-order valence-electron chi connectivity index (χ3n) is 1.67. The van der Waals surface area contributed by atoms with E-state index in [1.54, 1.807) is 12.1 Å². The summed E-state index contributed by atoms with van der Waals surface area (Å²) in [6.45, 7) is 3.77. The van der Waals surface area contributed by atoms with E-state index in [2.05, 4.69) is 5.32 Å². The maximum atomic E-state index is 11.4. The zero-order valence-electron chi connectivity index (χ0n) is 8.40. The summed E-state index contributed by atoms with van der Waals surface area (Å²) in [5, 5.41) is 3.80. The number of urea groups is 1. The summed E-state index contributed by atoms with van der Waals surface area (Å²) in [5.41, 5.74) is 0.672. The standard InChI is InChI=1S/C10H15N3O/c1-8(2)12-10(14)13(11)9-6-4-3-5-7-9/h3-8H,11H2,1-2H3,(H,12,14). The molecular weight excluding hydrogens is 178 g/mol. The van der Waals surface area contributed by atoms with Crippen LogP contribution < -0.4 is 16.2 Å². The summed E-state index contributed by atoms with van der Waals surface area (Å²) >= 11 is 0. The van der Waals surface area contributed by atoms with Crippen LogP contribution in [0.4, 0.5) is 10.5 Å². The van der Waals surface area contributed by atoms with Crippen molar-refractivity contribution >= 4 is 11.7 Å². The number of carbonyl (C=O) groups excluding carboxylic acids is 1. The fraction of sp³-hybridized carbons (Fsp3) is 0.300. The first-order chi connectivity index (χ1) is 6.61. The lowest BCUT2D eigenvalue weighted by atomic mass is 10.3. The molecule has 4 heteroatoms. The van der Waals surface area contributed by atoms with E-state index in [-0.39, 0.29) is 12.1 Å². The highest BCUT2D eigenvalue weighted by Gasteiger charge is 2.11. The fourth-order valence-electron chi connectivity index (χ4n) is 1.02. The number of benzene rings is 1. The van der Waals surface area contributed by atoms with E-state index in [1.165, 1.54) is 0 Å². The van der Waals surface area contributed by atoms with Crippen molar-refractivity contribution in [2.45, 2.75) is 19.9 Å². The Kier molecular flexibility index (Phi) is 3.48. The Balaban J connectivity index is 2.66. The Hall–Kier alpha value is -1.55. The first-order valence-electron chi connectivity index (χ1n) is 4.51. The molecule has 0 heterocycles. The number of nitrogens with one attached hydrogen (secondary N) is 1. The van der Waals surface area contributed by atoms with Crippen molar-refractivity contribution < 1.29 is 4.79 Å². The SMILES string of the molecule is CC(C)NC(=O)N(N)c1ccccc1. The maximum absolute atomic E-state index is 11.4. The zero-order chi connectivity index (χ0) is 10.6. The Morgan fingerprint density at radius 3 is 2.43 bits per heavy atom. The summed E-state index contributed by atoms with van der Waals surface area (Å²) in [6, 6.07) is 8.87. The number of rotatable bonds is 2. The second kappa shape index (κ2) is 4.62. The highest BCUT2D eigenvalue weighted by atomic mass is 16.2. The summed E-state index contributed by atoms with van der Waals surface area (Å²) in [4.78, 5) is 11.4. The molecule has 0 unspecified atom stereocenters. The second-order valence-electron chi connectivity index (χ2n) is 3.31. The van der Waals surface area contributed by atoms with Gasteiger partial charge in [-0.2, -0.15) is 0 Å². The van der Waals surface area contributed by atoms with Gasteiger partial charge in [0.15, 0.2) is 0 Å². The summed E-state index contributed by atoms with van der Waals surface area (Å²) in [5.74, 6) is 5.61. The number of anilines is 1. The lowest BCUT2D eigenvalue weighted by Gasteiger charge is -2.18. The van der Waals surface area contributed by atoms with E-state index >= 15 is 0 Å². The van der Waals surface area contributed by atoms with Gasteiger partial charge in [-0.15, -0.1) is 0 Å². The molecule has 0 aliphatic rings. The third kappa shape index (κ3) is 2.74. The molecule has 1 aromatic carbocycles. The average molecular weight is 193 g/mol. The first-order valence-corrected chi connectivity index (χ1v) is 4.51. The van der Waals surface area contributed by atoms with Gasteiger partial charge in [-0.3, -0.25) is 0 Å². The van der Waals surface area contributed by atoms with Crippen LogP contribution in [-0.2, 0) is 0 Å². The van der Waals surface area contributed by atoms with E-state index in [0.29, 0.717) is 5.69 Å². The number of nitrogens with zero attached hydrogens (tertiary/aromatic N) is 1. The van der Waals surface area contributed by atoms with Crippen LogP contribution >= 0.6 is 0 Å². The minimum Gasteiger partial charge on any atom is -0.334 e. The van der Waals surface area contributed by atoms with Crippen LogP contribution in [0.1, 0.15) is 13.8 Å². The smallest absolute Gasteiger partial charge is 0.334 e. The topological polar surface area (TPSA) is 58.4 Å². The lowest BCUT2D eigenvalue weighted by Crippen LogP contribution is -2.47. The third-order valence-corrected chi connectivity index (χ3v) is 1.67. The average Bonchev–Trinajstić information content (AvgIpc) is 2.17. The van der Waals surface area contributed by atoms with Gasteiger partial charge in [0.05, 0.1) is 5.69 Å². The summed E-state index contributed by atoms with van der Waals surface area (Å²) in [7, 11) is 0. The molecular formula is C10H15N3O. The number of hydrogen-bond acceptors (Lipinski definition) is 2. The van der Waals surface area contributed by atoms with Crippen molar-refractivity contribution in [2.24, 2.45) is 5.84 Å². The highest BCUT2D eigenvalue weighted by Crippen LogP contribution is 2.08. The molecule has 14 heavy (non-hydrogen) atoms. The molecule has 0 saturated carbocycles. The van der Waals surface area contributed by atoms with E-state index in [9.17, 15) is 4.79 Å². The van der Waals surface area contributed by atoms with Crippen LogP contribution in [0.5, 0.6) is 0 Å². The predicted octanol–water partition coefficient (Wildman–Crippen LogP) is 1.48. The fourth-order valence-corrected chi connectivity index (χ4v) is 1.02. The molecule has 0 aliphatic heterocycles. The molecule has 0 aliphatic carbocycles. The molecule has 0 fully saturated rings. The van der Waals surface area contributed by atoms with Crippen molar-refractivity contribution in [2.75, 3.05) is 5.01 Å². The molecule has 0 aromatic heterocycles. The lowest BCUT2D eigenvalue weighted by molar-refractivity contribution is 0.244. The van der Waals surface area contributed by atoms with Crippen molar-refractivity contribution in [3.63, 3.8) is 0 Å². The molecule has 0 bridgehead atoms. The molecule has 2 amide bonds. The van der Waals surface area contributed by atoms with E-state index < -0.39 is 0 Å². The van der Waals surface area contributed by atoms with Crippen LogP contribution in [-0.4, -0.2) is 12.1 Å². The van der Waals surface area contributed by atoms with Gasteiger partial charge in [0.2, 0.25) is 0 Å². The molecule has 0 saturated heterocycles. The van der Waals surface area contributed by atoms with Gasteiger partial charge in [-0.1, -0.05) is 18.2 Å². The van der Waals surface area contributed by atoms with Gasteiger partial charge in [0.1, 0.15) is 0 Å². The zero-order valence-corrected chi connectivity index (χ0v) is 8.40. The van der Waals surface area contributed by atoms with Gasteiger partial charge in [-0.25, -0.2) is 15.6 Å². The number of hydrazine groups is 1. The van der Waals surface area contributed by atoms with E-state index in [4.69, 9.17) is 5.84 Å². The van der Waals surface area contributed by atoms with Crippen molar-refractivity contribution in [3.05, 3.63) is 30.3 Å². The molecule has 0 atom stereocenters. The quantitative estimate of drug-likeness (QED) is 0.424. The number of amides is 2. The van der Waals surface area contributed by atoms with Gasteiger partial charge in [0, 0.05) is 6.04 Å². The molecule has 0 radical (unpaired) electrons. The van der Waals surface area contributed by atoms with Crippen LogP contribution in [0.25, 0.3) is 0 Å². The minimum absolute atomic E-state index is 0.0808. The Morgan fingerprint density at radius 1 is 1.36 bits per heavy atom. The highest BCUT2D eigenvalue weighted by molar-refractivity contribution is 5.90. The Morgan fingerprint density at radius 2 is 1.93 bits per heavy atom.